The molecule has 3 heterocycles. The van der Waals surface area contributed by atoms with Crippen LogP contribution in [0.3, 0.4) is 0 Å². The van der Waals surface area contributed by atoms with E-state index in [9.17, 15) is 9.59 Å². The van der Waals surface area contributed by atoms with Gasteiger partial charge in [-0.15, -0.1) is 16.9 Å². The number of nitrogens with zero attached hydrogens (tertiary/aromatic N) is 5. The molecular formula is C22H28N6O2S. The Hall–Kier alpha value is -2.81. The van der Waals surface area contributed by atoms with Crippen LogP contribution in [-0.2, 0) is 17.9 Å². The van der Waals surface area contributed by atoms with Crippen LogP contribution in [0.5, 0.6) is 0 Å². The topological polar surface area (TPSA) is 84.5 Å². The molecular weight excluding hydrogens is 412 g/mol. The number of amides is 1. The second-order valence-corrected chi connectivity index (χ2v) is 9.24. The summed E-state index contributed by atoms with van der Waals surface area (Å²) in [6.07, 6.45) is 6.43. The van der Waals surface area contributed by atoms with Crippen molar-refractivity contribution >= 4 is 29.1 Å². The van der Waals surface area contributed by atoms with Gasteiger partial charge in [0.05, 0.1) is 0 Å². The summed E-state index contributed by atoms with van der Waals surface area (Å²) in [5.74, 6) is 1.55. The minimum Gasteiger partial charge on any atom is -0.353 e. The van der Waals surface area contributed by atoms with E-state index in [1.54, 1.807) is 24.2 Å². The van der Waals surface area contributed by atoms with E-state index < -0.39 is 0 Å². The molecule has 3 aromatic rings. The third kappa shape index (κ3) is 4.76. The van der Waals surface area contributed by atoms with E-state index in [4.69, 9.17) is 0 Å². The van der Waals surface area contributed by atoms with E-state index in [2.05, 4.69) is 34.1 Å². The van der Waals surface area contributed by atoms with E-state index in [1.165, 1.54) is 20.4 Å². The third-order valence-electron chi connectivity index (χ3n) is 5.59. The lowest BCUT2D eigenvalue weighted by Crippen LogP contribution is -2.39. The standard InChI is InChI=1S/C22H28N6O2S/c1-15-10-16(2)13-26(12-15)20-21-25-28(22(30)27(21)9-8-23-20)14-19(29)24-11-17-4-6-18(31-3)7-5-17/h4-9,15-16H,10-14H2,1-3H3,(H,24,29). The summed E-state index contributed by atoms with van der Waals surface area (Å²) in [6.45, 7) is 6.50. The largest absolute Gasteiger partial charge is 0.353 e. The Morgan fingerprint density at radius 3 is 2.58 bits per heavy atom. The normalized spacial score (nSPS) is 19.0. The maximum absolute atomic E-state index is 12.8. The van der Waals surface area contributed by atoms with Crippen molar-refractivity contribution in [3.63, 3.8) is 0 Å². The van der Waals surface area contributed by atoms with Gasteiger partial charge in [-0.3, -0.25) is 4.79 Å². The number of anilines is 1. The van der Waals surface area contributed by atoms with Crippen LogP contribution < -0.4 is 15.9 Å². The molecule has 0 spiro atoms. The third-order valence-corrected chi connectivity index (χ3v) is 6.34. The van der Waals surface area contributed by atoms with Crippen molar-refractivity contribution in [2.24, 2.45) is 11.8 Å². The molecule has 164 valence electrons. The lowest BCUT2D eigenvalue weighted by Gasteiger charge is -2.35. The Bertz CT molecular complexity index is 1110. The SMILES string of the molecule is CSc1ccc(CNC(=O)Cn2nc3c(N4CC(C)CC(C)C4)nccn3c2=O)cc1. The van der Waals surface area contributed by atoms with Crippen LogP contribution in [0.2, 0.25) is 0 Å². The minimum absolute atomic E-state index is 0.129. The van der Waals surface area contributed by atoms with Gasteiger partial charge in [0, 0.05) is 36.9 Å². The van der Waals surface area contributed by atoms with E-state index in [0.29, 0.717) is 29.8 Å². The average molecular weight is 441 g/mol. The van der Waals surface area contributed by atoms with Crippen molar-refractivity contribution in [2.75, 3.05) is 24.2 Å². The van der Waals surface area contributed by atoms with Crippen LogP contribution in [0.25, 0.3) is 5.65 Å². The van der Waals surface area contributed by atoms with E-state index in [-0.39, 0.29) is 18.1 Å². The number of benzene rings is 1. The van der Waals surface area contributed by atoms with Gasteiger partial charge < -0.3 is 10.2 Å². The van der Waals surface area contributed by atoms with Gasteiger partial charge in [0.25, 0.3) is 0 Å². The van der Waals surface area contributed by atoms with Gasteiger partial charge in [0.15, 0.2) is 5.82 Å². The van der Waals surface area contributed by atoms with Gasteiger partial charge in [-0.05, 0) is 42.2 Å². The van der Waals surface area contributed by atoms with Crippen molar-refractivity contribution in [3.05, 3.63) is 52.7 Å². The first kappa shape index (κ1) is 21.4. The highest BCUT2D eigenvalue weighted by molar-refractivity contribution is 7.98. The molecule has 1 saturated heterocycles. The summed E-state index contributed by atoms with van der Waals surface area (Å²) in [7, 11) is 0. The zero-order valence-electron chi connectivity index (χ0n) is 18.1. The summed E-state index contributed by atoms with van der Waals surface area (Å²) in [5, 5.41) is 7.32. The first-order valence-electron chi connectivity index (χ1n) is 10.5. The van der Waals surface area contributed by atoms with E-state index in [0.717, 1.165) is 18.7 Å². The lowest BCUT2D eigenvalue weighted by atomic mass is 9.92. The lowest BCUT2D eigenvalue weighted by molar-refractivity contribution is -0.122. The summed E-state index contributed by atoms with van der Waals surface area (Å²) >= 11 is 1.67. The number of rotatable bonds is 6. The Kier molecular flexibility index (Phi) is 6.31. The number of carbonyl (C=O) groups is 1. The average Bonchev–Trinajstić information content (AvgIpc) is 3.07. The van der Waals surface area contributed by atoms with Crippen LogP contribution in [0.1, 0.15) is 25.8 Å². The Morgan fingerprint density at radius 2 is 1.90 bits per heavy atom. The Balaban J connectivity index is 1.49. The molecule has 31 heavy (non-hydrogen) atoms. The minimum atomic E-state index is -0.337. The number of piperidine rings is 1. The molecule has 8 nitrogen and oxygen atoms in total. The molecule has 2 unspecified atom stereocenters. The molecule has 0 saturated carbocycles. The Labute approximate surface area is 185 Å². The molecule has 1 aliphatic rings. The monoisotopic (exact) mass is 440 g/mol. The summed E-state index contributed by atoms with van der Waals surface area (Å²) in [6, 6.07) is 8.02. The zero-order chi connectivity index (χ0) is 22.0. The molecule has 0 radical (unpaired) electrons. The molecule has 0 bridgehead atoms. The predicted octanol–water partition coefficient (Wildman–Crippen LogP) is 2.41. The van der Waals surface area contributed by atoms with Crippen LogP contribution in [-0.4, -0.2) is 44.4 Å². The number of hydrogen-bond acceptors (Lipinski definition) is 6. The number of carbonyl (C=O) groups excluding carboxylic acids is 1. The van der Waals surface area contributed by atoms with Crippen molar-refractivity contribution in [3.8, 4) is 0 Å². The molecule has 1 aliphatic heterocycles. The molecule has 2 aromatic heterocycles. The maximum atomic E-state index is 12.8. The quantitative estimate of drug-likeness (QED) is 0.593. The van der Waals surface area contributed by atoms with Gasteiger partial charge in [0.2, 0.25) is 11.6 Å². The molecule has 4 rings (SSSR count). The maximum Gasteiger partial charge on any atom is 0.350 e. The zero-order valence-corrected chi connectivity index (χ0v) is 18.9. The summed E-state index contributed by atoms with van der Waals surface area (Å²) in [4.78, 5) is 33.2. The summed E-state index contributed by atoms with van der Waals surface area (Å²) < 4.78 is 2.68. The fourth-order valence-electron chi connectivity index (χ4n) is 4.23. The fourth-order valence-corrected chi connectivity index (χ4v) is 4.64. The number of hydrogen-bond donors (Lipinski definition) is 1. The molecule has 1 amide bonds. The van der Waals surface area contributed by atoms with E-state index >= 15 is 0 Å². The molecule has 1 aromatic carbocycles. The van der Waals surface area contributed by atoms with Gasteiger partial charge >= 0.3 is 5.69 Å². The van der Waals surface area contributed by atoms with Crippen molar-refractivity contribution < 1.29 is 4.79 Å². The van der Waals surface area contributed by atoms with Gasteiger partial charge in [0.1, 0.15) is 6.54 Å². The molecule has 0 aliphatic carbocycles. The Morgan fingerprint density at radius 1 is 1.19 bits per heavy atom. The first-order valence-corrected chi connectivity index (χ1v) is 11.8. The van der Waals surface area contributed by atoms with Crippen LogP contribution in [0, 0.1) is 11.8 Å². The van der Waals surface area contributed by atoms with Crippen molar-refractivity contribution in [1.29, 1.82) is 0 Å². The molecule has 9 heteroatoms. The predicted molar refractivity (Wildman–Crippen MR) is 122 cm³/mol. The highest BCUT2D eigenvalue weighted by Gasteiger charge is 2.25. The van der Waals surface area contributed by atoms with Gasteiger partial charge in [-0.2, -0.15) is 0 Å². The van der Waals surface area contributed by atoms with E-state index in [1.807, 2.05) is 30.5 Å². The molecule has 1 fully saturated rings. The smallest absolute Gasteiger partial charge is 0.350 e. The van der Waals surface area contributed by atoms with Gasteiger partial charge in [-0.25, -0.2) is 18.9 Å². The first-order chi connectivity index (χ1) is 14.9. The highest BCUT2D eigenvalue weighted by atomic mass is 32.2. The number of fused-ring (bicyclic) bond motifs is 1. The second kappa shape index (κ2) is 9.13. The van der Waals surface area contributed by atoms with Crippen LogP contribution in [0.15, 0.2) is 46.3 Å². The van der Waals surface area contributed by atoms with Crippen molar-refractivity contribution in [2.45, 2.75) is 38.3 Å². The number of nitrogens with one attached hydrogen (secondary N) is 1. The number of aromatic nitrogens is 4. The fraction of sp³-hybridized carbons (Fsp3) is 0.455. The van der Waals surface area contributed by atoms with Crippen LogP contribution >= 0.6 is 11.8 Å². The van der Waals surface area contributed by atoms with Gasteiger partial charge in [-0.1, -0.05) is 26.0 Å². The van der Waals surface area contributed by atoms with Crippen LogP contribution in [0.4, 0.5) is 5.82 Å². The second-order valence-electron chi connectivity index (χ2n) is 8.36. The number of thioether (sulfide) groups is 1. The molecule has 1 N–H and O–H groups in total. The highest BCUT2D eigenvalue weighted by Crippen LogP contribution is 2.26. The molecule has 2 atom stereocenters. The summed E-state index contributed by atoms with van der Waals surface area (Å²) in [5.41, 5.74) is 1.17. The van der Waals surface area contributed by atoms with Crippen molar-refractivity contribution in [1.82, 2.24) is 24.5 Å².